The summed E-state index contributed by atoms with van der Waals surface area (Å²) < 4.78 is 43.2. The first kappa shape index (κ1) is 28.3. The average Bonchev–Trinajstić information content (AvgIpc) is 2.97. The molecule has 0 amide bonds. The largest absolute Gasteiger partial charge is 0.497 e. The zero-order valence-corrected chi connectivity index (χ0v) is 22.7. The molecular weight excluding hydrogens is 518 g/mol. The fraction of sp³-hybridized carbons (Fsp3) is 0.233. The van der Waals surface area contributed by atoms with Crippen molar-refractivity contribution < 1.29 is 27.8 Å². The summed E-state index contributed by atoms with van der Waals surface area (Å²) in [6.07, 6.45) is 1.47. The molecule has 2 aromatic heterocycles. The van der Waals surface area contributed by atoms with Crippen LogP contribution in [0, 0.1) is 0 Å². The molecule has 0 fully saturated rings. The van der Waals surface area contributed by atoms with Crippen molar-refractivity contribution in [2.75, 3.05) is 31.5 Å². The predicted octanol–water partition coefficient (Wildman–Crippen LogP) is 6.34. The van der Waals surface area contributed by atoms with Gasteiger partial charge in [-0.1, -0.05) is 30.3 Å². The fourth-order valence-corrected chi connectivity index (χ4v) is 4.00. The number of hydrogen-bond acceptors (Lipinski definition) is 8. The van der Waals surface area contributed by atoms with Gasteiger partial charge in [0.1, 0.15) is 28.8 Å². The van der Waals surface area contributed by atoms with Gasteiger partial charge in [0, 0.05) is 20.0 Å². The number of hydrogen-bond donors (Lipinski definition) is 1. The van der Waals surface area contributed by atoms with E-state index in [-0.39, 0.29) is 17.1 Å². The molecule has 0 bridgehead atoms. The van der Waals surface area contributed by atoms with E-state index >= 15 is 0 Å². The van der Waals surface area contributed by atoms with Crippen LogP contribution in [-0.2, 0) is 23.7 Å². The molecule has 10 heteroatoms. The molecule has 0 aliphatic rings. The number of halogens is 2. The Bertz CT molecular complexity index is 1390. The van der Waals surface area contributed by atoms with E-state index in [1.54, 1.807) is 20.3 Å². The van der Waals surface area contributed by atoms with Crippen LogP contribution in [0.5, 0.6) is 11.5 Å². The van der Waals surface area contributed by atoms with E-state index in [0.29, 0.717) is 18.9 Å². The summed E-state index contributed by atoms with van der Waals surface area (Å²) in [4.78, 5) is 23.4. The highest BCUT2D eigenvalue weighted by Gasteiger charge is 2.26. The van der Waals surface area contributed by atoms with E-state index in [9.17, 15) is 13.6 Å². The number of nitrogens with zero attached hydrogens (tertiary/aromatic N) is 3. The zero-order valence-electron chi connectivity index (χ0n) is 22.7. The standard InChI is InChI=1S/C30H30F2N4O4/c1-30(31,32)26-6-5-7-27(35-26)34-25-17-33-28(16-24(25)29(37)40-4)36(18-20-8-12-22(38-2)13-9-20)19-21-10-14-23(39-3)15-11-21/h5-17H,18-19H2,1-4H3,(H,34,35). The number of anilines is 3. The highest BCUT2D eigenvalue weighted by molar-refractivity contribution is 5.97. The highest BCUT2D eigenvalue weighted by Crippen LogP contribution is 2.29. The van der Waals surface area contributed by atoms with Gasteiger partial charge in [0.15, 0.2) is 0 Å². The van der Waals surface area contributed by atoms with Crippen molar-refractivity contribution in [1.82, 2.24) is 9.97 Å². The Kier molecular flexibility index (Phi) is 8.78. The Balaban J connectivity index is 1.70. The van der Waals surface area contributed by atoms with Crippen molar-refractivity contribution in [1.29, 1.82) is 0 Å². The summed E-state index contributed by atoms with van der Waals surface area (Å²) in [7, 11) is 4.49. The Morgan fingerprint density at radius 1 is 0.900 bits per heavy atom. The molecule has 2 aromatic carbocycles. The maximum absolute atomic E-state index is 13.8. The fourth-order valence-electron chi connectivity index (χ4n) is 4.00. The second-order valence-electron chi connectivity index (χ2n) is 9.05. The van der Waals surface area contributed by atoms with Gasteiger partial charge in [0.05, 0.1) is 38.8 Å². The lowest BCUT2D eigenvalue weighted by atomic mass is 10.1. The predicted molar refractivity (Wildman–Crippen MR) is 149 cm³/mol. The van der Waals surface area contributed by atoms with Crippen LogP contribution in [0.4, 0.5) is 26.1 Å². The molecule has 208 valence electrons. The smallest absolute Gasteiger partial charge is 0.340 e. The second-order valence-corrected chi connectivity index (χ2v) is 9.05. The molecule has 8 nitrogen and oxygen atoms in total. The quantitative estimate of drug-likeness (QED) is 0.217. The number of nitrogens with one attached hydrogen (secondary N) is 1. The number of methoxy groups -OCH3 is 3. The van der Waals surface area contributed by atoms with Gasteiger partial charge in [-0.25, -0.2) is 14.8 Å². The lowest BCUT2D eigenvalue weighted by molar-refractivity contribution is 0.0129. The molecule has 0 aliphatic heterocycles. The lowest BCUT2D eigenvalue weighted by Crippen LogP contribution is -2.24. The second kappa shape index (κ2) is 12.4. The molecule has 0 spiro atoms. The normalized spacial score (nSPS) is 11.1. The molecule has 0 aliphatic carbocycles. The Labute approximate surface area is 231 Å². The minimum atomic E-state index is -3.12. The highest BCUT2D eigenvalue weighted by atomic mass is 19.3. The Hall–Kier alpha value is -4.73. The van der Waals surface area contributed by atoms with Gasteiger partial charge in [-0.2, -0.15) is 8.78 Å². The molecule has 1 N–H and O–H groups in total. The summed E-state index contributed by atoms with van der Waals surface area (Å²) in [5.41, 5.74) is 2.05. The maximum atomic E-state index is 13.8. The Morgan fingerprint density at radius 3 is 1.98 bits per heavy atom. The van der Waals surface area contributed by atoms with E-state index in [1.165, 1.54) is 31.5 Å². The summed E-state index contributed by atoms with van der Waals surface area (Å²) in [5, 5.41) is 2.94. The minimum Gasteiger partial charge on any atom is -0.497 e. The van der Waals surface area contributed by atoms with Gasteiger partial charge in [0.25, 0.3) is 5.92 Å². The number of alkyl halides is 2. The molecular formula is C30H30F2N4O4. The summed E-state index contributed by atoms with van der Waals surface area (Å²) >= 11 is 0. The summed E-state index contributed by atoms with van der Waals surface area (Å²) in [6.45, 7) is 1.73. The molecule has 0 atom stereocenters. The van der Waals surface area contributed by atoms with Gasteiger partial charge in [-0.05, 0) is 53.6 Å². The third kappa shape index (κ3) is 7.02. The average molecular weight is 549 g/mol. The van der Waals surface area contributed by atoms with E-state index in [4.69, 9.17) is 14.2 Å². The molecule has 40 heavy (non-hydrogen) atoms. The van der Waals surface area contributed by atoms with Crippen molar-refractivity contribution in [3.05, 3.63) is 101 Å². The van der Waals surface area contributed by atoms with Crippen molar-refractivity contribution in [3.8, 4) is 11.5 Å². The number of esters is 1. The van der Waals surface area contributed by atoms with E-state index in [2.05, 4.69) is 15.3 Å². The van der Waals surface area contributed by atoms with Crippen molar-refractivity contribution in [2.24, 2.45) is 0 Å². The number of ether oxygens (including phenoxy) is 3. The van der Waals surface area contributed by atoms with E-state index < -0.39 is 17.6 Å². The number of carbonyl (C=O) groups excluding carboxylic acids is 1. The maximum Gasteiger partial charge on any atom is 0.340 e. The number of aromatic nitrogens is 2. The summed E-state index contributed by atoms with van der Waals surface area (Å²) in [6, 6.07) is 21.2. The molecule has 0 saturated carbocycles. The van der Waals surface area contributed by atoms with Gasteiger partial charge in [-0.15, -0.1) is 0 Å². The third-order valence-electron chi connectivity index (χ3n) is 6.15. The van der Waals surface area contributed by atoms with Crippen LogP contribution in [0.2, 0.25) is 0 Å². The van der Waals surface area contributed by atoms with Crippen LogP contribution >= 0.6 is 0 Å². The minimum absolute atomic E-state index is 0.145. The molecule has 4 aromatic rings. The molecule has 0 unspecified atom stereocenters. The molecule has 4 rings (SSSR count). The van der Waals surface area contributed by atoms with Gasteiger partial charge in [0.2, 0.25) is 0 Å². The van der Waals surface area contributed by atoms with Crippen molar-refractivity contribution >= 4 is 23.3 Å². The van der Waals surface area contributed by atoms with E-state index in [0.717, 1.165) is 29.5 Å². The number of rotatable bonds is 11. The Morgan fingerprint density at radius 2 is 1.48 bits per heavy atom. The van der Waals surface area contributed by atoms with Crippen molar-refractivity contribution in [2.45, 2.75) is 25.9 Å². The van der Waals surface area contributed by atoms with Gasteiger partial charge < -0.3 is 24.4 Å². The number of carbonyl (C=O) groups is 1. The van der Waals surface area contributed by atoms with Crippen LogP contribution in [0.3, 0.4) is 0 Å². The zero-order chi connectivity index (χ0) is 28.7. The first-order valence-electron chi connectivity index (χ1n) is 12.4. The van der Waals surface area contributed by atoms with Crippen LogP contribution in [0.25, 0.3) is 0 Å². The van der Waals surface area contributed by atoms with Crippen LogP contribution in [0.15, 0.2) is 79.0 Å². The van der Waals surface area contributed by atoms with Crippen molar-refractivity contribution in [3.63, 3.8) is 0 Å². The lowest BCUT2D eigenvalue weighted by Gasteiger charge is -2.25. The first-order chi connectivity index (χ1) is 19.2. The SMILES string of the molecule is COC(=O)c1cc(N(Cc2ccc(OC)cc2)Cc2ccc(OC)cc2)ncc1Nc1cccc(C(C)(F)F)n1. The molecule has 0 saturated heterocycles. The first-order valence-corrected chi connectivity index (χ1v) is 12.4. The summed E-state index contributed by atoms with van der Waals surface area (Å²) in [5.74, 6) is -1.59. The topological polar surface area (TPSA) is 85.8 Å². The van der Waals surface area contributed by atoms with Crippen LogP contribution < -0.4 is 19.7 Å². The van der Waals surface area contributed by atoms with E-state index in [1.807, 2.05) is 53.4 Å². The monoisotopic (exact) mass is 548 g/mol. The number of pyridine rings is 2. The van der Waals surface area contributed by atoms with Gasteiger partial charge in [-0.3, -0.25) is 0 Å². The molecule has 2 heterocycles. The third-order valence-corrected chi connectivity index (χ3v) is 6.15. The van der Waals surface area contributed by atoms with Crippen LogP contribution in [0.1, 0.15) is 34.1 Å². The van der Waals surface area contributed by atoms with Gasteiger partial charge >= 0.3 is 5.97 Å². The van der Waals surface area contributed by atoms with Crippen LogP contribution in [-0.4, -0.2) is 37.3 Å². The molecule has 0 radical (unpaired) electrons. The number of benzene rings is 2.